The Morgan fingerprint density at radius 3 is 2.56 bits per heavy atom. The molecule has 3 N–H and O–H groups in total. The molecule has 5 heteroatoms. The van der Waals surface area contributed by atoms with Crippen LogP contribution in [-0.4, -0.2) is 40.7 Å². The van der Waals surface area contributed by atoms with E-state index in [9.17, 15) is 4.79 Å². The summed E-state index contributed by atoms with van der Waals surface area (Å²) in [7, 11) is 1.70. The maximum absolute atomic E-state index is 12.3. The molecule has 0 aromatic heterocycles. The number of likely N-dealkylation sites (N-methyl/N-ethyl adjacent to an activating group) is 1. The minimum atomic E-state index is -0.200. The first-order chi connectivity index (χ1) is 8.61. The molecule has 1 aliphatic heterocycles. The van der Waals surface area contributed by atoms with Gasteiger partial charge in [-0.1, -0.05) is 19.8 Å². The van der Waals surface area contributed by atoms with Gasteiger partial charge in [-0.3, -0.25) is 10.2 Å². The van der Waals surface area contributed by atoms with Gasteiger partial charge < -0.3 is 15.5 Å². The number of nitrogens with two attached hydrogens (primary N) is 1. The number of piperazine rings is 1. The number of hydrogen-bond acceptors (Lipinski definition) is 3. The van der Waals surface area contributed by atoms with E-state index in [1.165, 1.54) is 23.9 Å². The normalized spacial score (nSPS) is 28.6. The van der Waals surface area contributed by atoms with E-state index in [1.807, 2.05) is 11.8 Å². The van der Waals surface area contributed by atoms with E-state index >= 15 is 0 Å². The van der Waals surface area contributed by atoms with Gasteiger partial charge in [0, 0.05) is 19.3 Å². The number of carbonyl (C=O) groups excluding carboxylic acids is 1. The standard InChI is InChI=1S/C13H22N4O/c1-3-10-13(18)16(2)11(8-14)12(15)17(10)9-6-4-5-7-9/h8-10,15H,3-7,14H2,1-2H3/t10-/m1/s1. The molecule has 2 fully saturated rings. The molecular weight excluding hydrogens is 228 g/mol. The molecule has 1 aliphatic carbocycles. The van der Waals surface area contributed by atoms with E-state index in [0.29, 0.717) is 17.6 Å². The summed E-state index contributed by atoms with van der Waals surface area (Å²) in [6, 6.07) is 0.129. The summed E-state index contributed by atoms with van der Waals surface area (Å²) in [5, 5.41) is 8.31. The van der Waals surface area contributed by atoms with Crippen molar-refractivity contribution in [2.24, 2.45) is 5.73 Å². The summed E-state index contributed by atoms with van der Waals surface area (Å²) in [6.07, 6.45) is 6.64. The first-order valence-electron chi connectivity index (χ1n) is 6.68. The van der Waals surface area contributed by atoms with Crippen LogP contribution in [0.5, 0.6) is 0 Å². The molecule has 18 heavy (non-hydrogen) atoms. The van der Waals surface area contributed by atoms with Crippen molar-refractivity contribution in [3.8, 4) is 0 Å². The lowest BCUT2D eigenvalue weighted by Crippen LogP contribution is -2.59. The second-order valence-electron chi connectivity index (χ2n) is 5.07. The first kappa shape index (κ1) is 12.9. The lowest BCUT2D eigenvalue weighted by molar-refractivity contribution is -0.134. The molecule has 1 atom stereocenters. The van der Waals surface area contributed by atoms with Gasteiger partial charge in [0.15, 0.2) is 0 Å². The Balaban J connectivity index is 2.34. The van der Waals surface area contributed by atoms with E-state index in [2.05, 4.69) is 0 Å². The number of nitrogens with zero attached hydrogens (tertiary/aromatic N) is 2. The highest BCUT2D eigenvalue weighted by Gasteiger charge is 2.41. The van der Waals surface area contributed by atoms with E-state index in [4.69, 9.17) is 11.1 Å². The zero-order valence-electron chi connectivity index (χ0n) is 11.1. The van der Waals surface area contributed by atoms with Crippen LogP contribution in [0.15, 0.2) is 11.9 Å². The smallest absolute Gasteiger partial charge is 0.249 e. The highest BCUT2D eigenvalue weighted by Crippen LogP contribution is 2.31. The molecule has 0 unspecified atom stereocenters. The average Bonchev–Trinajstić information content (AvgIpc) is 2.87. The molecule has 2 aliphatic rings. The van der Waals surface area contributed by atoms with Crippen molar-refractivity contribution in [3.05, 3.63) is 11.9 Å². The summed E-state index contributed by atoms with van der Waals surface area (Å²) in [6.45, 7) is 2.00. The number of amides is 1. The lowest BCUT2D eigenvalue weighted by atomic mass is 10.0. The molecule has 0 bridgehead atoms. The molecule has 1 saturated carbocycles. The molecule has 100 valence electrons. The highest BCUT2D eigenvalue weighted by molar-refractivity contribution is 6.05. The molecule has 5 nitrogen and oxygen atoms in total. The van der Waals surface area contributed by atoms with Gasteiger partial charge in [-0.2, -0.15) is 0 Å². The molecule has 0 aromatic carbocycles. The van der Waals surface area contributed by atoms with Crippen LogP contribution in [0.1, 0.15) is 39.0 Å². The first-order valence-corrected chi connectivity index (χ1v) is 6.68. The van der Waals surface area contributed by atoms with Crippen LogP contribution < -0.4 is 5.73 Å². The maximum Gasteiger partial charge on any atom is 0.249 e. The summed E-state index contributed by atoms with van der Waals surface area (Å²) in [4.78, 5) is 15.8. The fourth-order valence-electron chi connectivity index (χ4n) is 3.09. The van der Waals surface area contributed by atoms with Crippen molar-refractivity contribution < 1.29 is 4.79 Å². The molecule has 1 amide bonds. The van der Waals surface area contributed by atoms with Crippen molar-refractivity contribution in [3.63, 3.8) is 0 Å². The van der Waals surface area contributed by atoms with Crippen LogP contribution >= 0.6 is 0 Å². The van der Waals surface area contributed by atoms with Crippen molar-refractivity contribution in [1.29, 1.82) is 5.41 Å². The highest BCUT2D eigenvalue weighted by atomic mass is 16.2. The fraction of sp³-hybridized carbons (Fsp3) is 0.692. The Bertz CT molecular complexity index is 384. The van der Waals surface area contributed by atoms with Crippen LogP contribution in [0.25, 0.3) is 0 Å². The Morgan fingerprint density at radius 1 is 1.44 bits per heavy atom. The lowest BCUT2D eigenvalue weighted by Gasteiger charge is -2.44. The summed E-state index contributed by atoms with van der Waals surface area (Å²) >= 11 is 0. The van der Waals surface area contributed by atoms with Gasteiger partial charge in [0.2, 0.25) is 5.91 Å². The fourth-order valence-corrected chi connectivity index (χ4v) is 3.09. The topological polar surface area (TPSA) is 73.4 Å². The third-order valence-electron chi connectivity index (χ3n) is 4.08. The second kappa shape index (κ2) is 5.00. The molecule has 2 rings (SSSR count). The monoisotopic (exact) mass is 250 g/mol. The van der Waals surface area contributed by atoms with E-state index in [-0.39, 0.29) is 11.9 Å². The van der Waals surface area contributed by atoms with Gasteiger partial charge in [0.25, 0.3) is 0 Å². The minimum Gasteiger partial charge on any atom is -0.403 e. The van der Waals surface area contributed by atoms with Crippen molar-refractivity contribution in [1.82, 2.24) is 9.80 Å². The second-order valence-corrected chi connectivity index (χ2v) is 5.07. The Labute approximate surface area is 108 Å². The molecule has 1 saturated heterocycles. The number of amidine groups is 1. The van der Waals surface area contributed by atoms with Crippen LogP contribution in [0.3, 0.4) is 0 Å². The van der Waals surface area contributed by atoms with Crippen LogP contribution in [0, 0.1) is 5.41 Å². The number of hydrogen-bond donors (Lipinski definition) is 2. The third-order valence-corrected chi connectivity index (χ3v) is 4.08. The SMILES string of the molecule is CC[C@@H]1C(=O)N(C)C(=CN)C(=N)N1C1CCCC1. The third kappa shape index (κ3) is 1.87. The van der Waals surface area contributed by atoms with Gasteiger partial charge in [-0.05, 0) is 19.3 Å². The van der Waals surface area contributed by atoms with Gasteiger partial charge in [-0.15, -0.1) is 0 Å². The minimum absolute atomic E-state index is 0.0529. The van der Waals surface area contributed by atoms with Crippen molar-refractivity contribution >= 4 is 11.7 Å². The number of nitrogens with one attached hydrogen (secondary N) is 1. The van der Waals surface area contributed by atoms with Gasteiger partial charge in [-0.25, -0.2) is 0 Å². The molecule has 1 heterocycles. The Morgan fingerprint density at radius 2 is 2.06 bits per heavy atom. The van der Waals surface area contributed by atoms with Crippen molar-refractivity contribution in [2.45, 2.75) is 51.1 Å². The van der Waals surface area contributed by atoms with E-state index in [0.717, 1.165) is 19.3 Å². The summed E-state index contributed by atoms with van der Waals surface area (Å²) < 4.78 is 0. The Hall–Kier alpha value is -1.52. The molecule has 0 spiro atoms. The zero-order valence-corrected chi connectivity index (χ0v) is 11.1. The van der Waals surface area contributed by atoms with Crippen molar-refractivity contribution in [2.75, 3.05) is 7.05 Å². The zero-order chi connectivity index (χ0) is 13.3. The quantitative estimate of drug-likeness (QED) is 0.775. The van der Waals surface area contributed by atoms with Gasteiger partial charge in [0.05, 0.1) is 0 Å². The predicted molar refractivity (Wildman–Crippen MR) is 70.9 cm³/mol. The van der Waals surface area contributed by atoms with Gasteiger partial charge in [0.1, 0.15) is 17.6 Å². The maximum atomic E-state index is 12.3. The Kier molecular flexibility index (Phi) is 3.59. The van der Waals surface area contributed by atoms with E-state index < -0.39 is 0 Å². The molecule has 0 radical (unpaired) electrons. The molecule has 0 aromatic rings. The van der Waals surface area contributed by atoms with Crippen LogP contribution in [0.2, 0.25) is 0 Å². The molecular formula is C13H22N4O. The van der Waals surface area contributed by atoms with Crippen LogP contribution in [0.4, 0.5) is 0 Å². The van der Waals surface area contributed by atoms with E-state index in [1.54, 1.807) is 7.05 Å². The number of rotatable bonds is 2. The average molecular weight is 250 g/mol. The predicted octanol–water partition coefficient (Wildman–Crippen LogP) is 1.26. The largest absolute Gasteiger partial charge is 0.403 e. The summed E-state index contributed by atoms with van der Waals surface area (Å²) in [5.41, 5.74) is 6.10. The van der Waals surface area contributed by atoms with Gasteiger partial charge >= 0.3 is 0 Å². The summed E-state index contributed by atoms with van der Waals surface area (Å²) in [5.74, 6) is 0.454. The number of carbonyl (C=O) groups is 1. The van der Waals surface area contributed by atoms with Crippen LogP contribution in [-0.2, 0) is 4.79 Å².